The summed E-state index contributed by atoms with van der Waals surface area (Å²) < 4.78 is 1.84. The summed E-state index contributed by atoms with van der Waals surface area (Å²) in [6.07, 6.45) is 11.2. The molecule has 120 valence electrons. The lowest BCUT2D eigenvalue weighted by Gasteiger charge is -2.24. The van der Waals surface area contributed by atoms with Crippen LogP contribution < -0.4 is 0 Å². The number of rotatable bonds is 4. The molecule has 3 aromatic heterocycles. The highest BCUT2D eigenvalue weighted by molar-refractivity contribution is 5.82. The molecule has 1 fully saturated rings. The highest BCUT2D eigenvalue weighted by atomic mass is 15.2. The van der Waals surface area contributed by atoms with E-state index < -0.39 is 0 Å². The van der Waals surface area contributed by atoms with E-state index in [-0.39, 0.29) is 0 Å². The fourth-order valence-corrected chi connectivity index (χ4v) is 3.14. The molecule has 0 atom stereocenters. The number of fused-ring (bicyclic) bond motifs is 1. The zero-order chi connectivity index (χ0) is 16.7. The van der Waals surface area contributed by atoms with Crippen molar-refractivity contribution in [3.05, 3.63) is 72.1 Å². The summed E-state index contributed by atoms with van der Waals surface area (Å²) >= 11 is 0. The van der Waals surface area contributed by atoms with Gasteiger partial charge in [0.1, 0.15) is 5.82 Å². The second-order valence-corrected chi connectivity index (χ2v) is 6.38. The first-order valence-corrected chi connectivity index (χ1v) is 8.30. The van der Waals surface area contributed by atoms with Crippen molar-refractivity contribution in [3.8, 4) is 0 Å². The molecule has 0 radical (unpaired) electrons. The van der Waals surface area contributed by atoms with Crippen LogP contribution in [0.25, 0.3) is 17.2 Å². The van der Waals surface area contributed by atoms with Gasteiger partial charge in [-0.2, -0.15) is 5.10 Å². The number of pyridine rings is 1. The molecule has 0 saturated heterocycles. The first kappa shape index (κ1) is 14.8. The van der Waals surface area contributed by atoms with E-state index in [1.807, 2.05) is 42.2 Å². The van der Waals surface area contributed by atoms with Gasteiger partial charge in [-0.25, -0.2) is 14.5 Å². The maximum absolute atomic E-state index is 4.72. The monoisotopic (exact) mass is 316 g/mol. The van der Waals surface area contributed by atoms with Crippen LogP contribution in [0.5, 0.6) is 0 Å². The molecule has 1 saturated carbocycles. The van der Waals surface area contributed by atoms with Crippen LogP contribution in [-0.2, 0) is 0 Å². The molecule has 1 aliphatic rings. The van der Waals surface area contributed by atoms with Crippen molar-refractivity contribution in [1.29, 1.82) is 0 Å². The Balaban J connectivity index is 1.71. The van der Waals surface area contributed by atoms with Gasteiger partial charge < -0.3 is 0 Å². The van der Waals surface area contributed by atoms with Crippen molar-refractivity contribution in [3.63, 3.8) is 0 Å². The Kier molecular flexibility index (Phi) is 3.53. The van der Waals surface area contributed by atoms with Crippen molar-refractivity contribution in [2.45, 2.75) is 32.1 Å². The molecule has 0 N–H and O–H groups in total. The molecule has 0 bridgehead atoms. The van der Waals surface area contributed by atoms with Crippen LogP contribution in [0.4, 0.5) is 0 Å². The Morgan fingerprint density at radius 3 is 2.83 bits per heavy atom. The lowest BCUT2D eigenvalue weighted by molar-refractivity contribution is 0.400. The van der Waals surface area contributed by atoms with Crippen LogP contribution in [0.1, 0.15) is 53.4 Å². The summed E-state index contributed by atoms with van der Waals surface area (Å²) in [7, 11) is 0. The third-order valence-corrected chi connectivity index (χ3v) is 4.91. The van der Waals surface area contributed by atoms with E-state index in [0.717, 1.165) is 39.3 Å². The zero-order valence-corrected chi connectivity index (χ0v) is 13.9. The van der Waals surface area contributed by atoms with Crippen molar-refractivity contribution in [2.75, 3.05) is 0 Å². The van der Waals surface area contributed by atoms with E-state index in [1.54, 1.807) is 0 Å². The van der Waals surface area contributed by atoms with Gasteiger partial charge in [-0.1, -0.05) is 25.7 Å². The van der Waals surface area contributed by atoms with E-state index in [0.29, 0.717) is 5.92 Å². The molecule has 3 aromatic rings. The number of aryl methyl sites for hydroxylation is 1. The SMILES string of the molecule is C=Cc1cnn2ccc(C(=C)c3cnc(C4CCC4)nc3C)cc12. The van der Waals surface area contributed by atoms with Gasteiger partial charge in [-0.15, -0.1) is 0 Å². The average Bonchev–Trinajstić information content (AvgIpc) is 2.95. The predicted octanol–water partition coefficient (Wildman–Crippen LogP) is 4.40. The van der Waals surface area contributed by atoms with Crippen molar-refractivity contribution in [1.82, 2.24) is 19.6 Å². The highest BCUT2D eigenvalue weighted by Crippen LogP contribution is 2.35. The summed E-state index contributed by atoms with van der Waals surface area (Å²) in [6.45, 7) is 10.2. The third kappa shape index (κ3) is 2.35. The molecule has 4 rings (SSSR count). The summed E-state index contributed by atoms with van der Waals surface area (Å²) in [6, 6.07) is 4.11. The van der Waals surface area contributed by atoms with Crippen LogP contribution in [0.2, 0.25) is 0 Å². The fourth-order valence-electron chi connectivity index (χ4n) is 3.14. The van der Waals surface area contributed by atoms with Crippen molar-refractivity contribution in [2.24, 2.45) is 0 Å². The summed E-state index contributed by atoms with van der Waals surface area (Å²) in [5.74, 6) is 1.53. The van der Waals surface area contributed by atoms with E-state index in [4.69, 9.17) is 4.98 Å². The number of hydrogen-bond donors (Lipinski definition) is 0. The first-order chi connectivity index (χ1) is 11.7. The van der Waals surface area contributed by atoms with E-state index in [2.05, 4.69) is 29.3 Å². The van der Waals surface area contributed by atoms with Gasteiger partial charge >= 0.3 is 0 Å². The maximum atomic E-state index is 4.72. The molecule has 0 amide bonds. The third-order valence-electron chi connectivity index (χ3n) is 4.91. The van der Waals surface area contributed by atoms with Crippen LogP contribution in [0.3, 0.4) is 0 Å². The van der Waals surface area contributed by atoms with Gasteiger partial charge in [0.15, 0.2) is 0 Å². The molecule has 0 aliphatic heterocycles. The number of hydrogen-bond acceptors (Lipinski definition) is 3. The van der Waals surface area contributed by atoms with E-state index in [1.165, 1.54) is 19.3 Å². The van der Waals surface area contributed by atoms with Gasteiger partial charge in [0.05, 0.1) is 11.7 Å². The maximum Gasteiger partial charge on any atom is 0.131 e. The summed E-state index contributed by atoms with van der Waals surface area (Å²) in [5.41, 5.74) is 6.02. The quantitative estimate of drug-likeness (QED) is 0.716. The number of nitrogens with zero attached hydrogens (tertiary/aromatic N) is 4. The second kappa shape index (κ2) is 5.71. The molecular formula is C20H20N4. The van der Waals surface area contributed by atoms with Crippen molar-refractivity contribution >= 4 is 17.2 Å². The van der Waals surface area contributed by atoms with Crippen LogP contribution in [0.15, 0.2) is 43.9 Å². The predicted molar refractivity (Wildman–Crippen MR) is 96.8 cm³/mol. The number of aromatic nitrogens is 4. The summed E-state index contributed by atoms with van der Waals surface area (Å²) in [4.78, 5) is 9.31. The van der Waals surface area contributed by atoms with Gasteiger partial charge in [0.2, 0.25) is 0 Å². The Labute approximate surface area is 141 Å². The molecule has 1 aliphatic carbocycles. The smallest absolute Gasteiger partial charge is 0.131 e. The van der Waals surface area contributed by atoms with Gasteiger partial charge in [0, 0.05) is 35.1 Å². The minimum atomic E-state index is 0.546. The first-order valence-electron chi connectivity index (χ1n) is 8.30. The van der Waals surface area contributed by atoms with Crippen LogP contribution in [0, 0.1) is 6.92 Å². The average molecular weight is 316 g/mol. The largest absolute Gasteiger partial charge is 0.240 e. The minimum Gasteiger partial charge on any atom is -0.240 e. The zero-order valence-electron chi connectivity index (χ0n) is 13.9. The van der Waals surface area contributed by atoms with Crippen LogP contribution in [-0.4, -0.2) is 19.6 Å². The standard InChI is InChI=1S/C20H20N4/c1-4-15-11-22-24-9-8-17(10-19(15)24)13(2)18-12-21-20(23-14(18)3)16-6-5-7-16/h4,8-12,16H,1-2,5-7H2,3H3. The van der Waals surface area contributed by atoms with E-state index >= 15 is 0 Å². The topological polar surface area (TPSA) is 43.1 Å². The van der Waals surface area contributed by atoms with Crippen molar-refractivity contribution < 1.29 is 0 Å². The summed E-state index contributed by atoms with van der Waals surface area (Å²) in [5, 5.41) is 4.32. The van der Waals surface area contributed by atoms with Crippen LogP contribution >= 0.6 is 0 Å². The molecular weight excluding hydrogens is 296 g/mol. The lowest BCUT2D eigenvalue weighted by atomic mass is 9.84. The molecule has 0 unspecified atom stereocenters. The molecule has 0 spiro atoms. The Morgan fingerprint density at radius 2 is 2.17 bits per heavy atom. The van der Waals surface area contributed by atoms with Gasteiger partial charge in [-0.3, -0.25) is 0 Å². The highest BCUT2D eigenvalue weighted by Gasteiger charge is 2.23. The lowest BCUT2D eigenvalue weighted by Crippen LogP contribution is -2.13. The molecule has 3 heterocycles. The Morgan fingerprint density at radius 1 is 1.33 bits per heavy atom. The van der Waals surface area contributed by atoms with E-state index in [9.17, 15) is 0 Å². The Bertz CT molecular complexity index is 947. The molecule has 0 aromatic carbocycles. The molecule has 4 heteroatoms. The normalized spacial score (nSPS) is 14.5. The fraction of sp³-hybridized carbons (Fsp3) is 0.250. The van der Waals surface area contributed by atoms with Gasteiger partial charge in [-0.05, 0) is 43.0 Å². The second-order valence-electron chi connectivity index (χ2n) is 6.38. The van der Waals surface area contributed by atoms with Gasteiger partial charge in [0.25, 0.3) is 0 Å². The molecule has 24 heavy (non-hydrogen) atoms. The minimum absolute atomic E-state index is 0.546. The Hall–Kier alpha value is -2.75. The molecule has 4 nitrogen and oxygen atoms in total.